The number of hydrogen-bond donors (Lipinski definition) is 0. The van der Waals surface area contributed by atoms with E-state index in [2.05, 4.69) is 10.1 Å². The summed E-state index contributed by atoms with van der Waals surface area (Å²) in [7, 11) is 0. The van der Waals surface area contributed by atoms with Crippen LogP contribution in [0.25, 0.3) is 33.2 Å². The van der Waals surface area contributed by atoms with Crippen molar-refractivity contribution in [2.75, 3.05) is 0 Å². The molecular formula is C21H12FN3OS. The standard InChI is InChI=1S/C21H12FN3OS/c22-16-10-8-14(9-11-16)19-23-21-25(24-19)20(26)18(27-21)12-15-6-3-5-13-4-1-2-7-17(13)15/h1-12H/b18-12-. The molecule has 0 bridgehead atoms. The van der Waals surface area contributed by atoms with E-state index < -0.39 is 0 Å². The number of nitrogens with zero attached hydrogens (tertiary/aromatic N) is 3. The molecule has 6 heteroatoms. The molecular weight excluding hydrogens is 361 g/mol. The third-order valence-electron chi connectivity index (χ3n) is 4.39. The number of benzene rings is 3. The van der Waals surface area contributed by atoms with Gasteiger partial charge in [-0.15, -0.1) is 5.10 Å². The highest BCUT2D eigenvalue weighted by Gasteiger charge is 2.12. The zero-order valence-corrected chi connectivity index (χ0v) is 14.8. The molecule has 0 fully saturated rings. The first kappa shape index (κ1) is 15.8. The van der Waals surface area contributed by atoms with Crippen molar-refractivity contribution in [3.8, 4) is 11.4 Å². The normalized spacial score (nSPS) is 12.3. The predicted octanol–water partition coefficient (Wildman–Crippen LogP) is 3.66. The molecule has 4 nitrogen and oxygen atoms in total. The molecule has 5 rings (SSSR count). The summed E-state index contributed by atoms with van der Waals surface area (Å²) in [4.78, 5) is 17.7. The number of hydrogen-bond acceptors (Lipinski definition) is 4. The van der Waals surface area contributed by atoms with Crippen LogP contribution >= 0.6 is 11.3 Å². The van der Waals surface area contributed by atoms with Crippen LogP contribution < -0.4 is 10.1 Å². The Bertz CT molecular complexity index is 1400. The van der Waals surface area contributed by atoms with Gasteiger partial charge in [0, 0.05) is 5.56 Å². The Labute approximate surface area is 156 Å². The monoisotopic (exact) mass is 373 g/mol. The van der Waals surface area contributed by atoms with Crippen LogP contribution in [0.1, 0.15) is 5.56 Å². The second-order valence-corrected chi connectivity index (χ2v) is 7.13. The highest BCUT2D eigenvalue weighted by molar-refractivity contribution is 7.15. The summed E-state index contributed by atoms with van der Waals surface area (Å²) >= 11 is 1.29. The van der Waals surface area contributed by atoms with E-state index in [9.17, 15) is 9.18 Å². The van der Waals surface area contributed by atoms with E-state index >= 15 is 0 Å². The molecule has 3 aromatic carbocycles. The average Bonchev–Trinajstić information content (AvgIpc) is 3.23. The molecule has 27 heavy (non-hydrogen) atoms. The summed E-state index contributed by atoms with van der Waals surface area (Å²) < 4.78 is 15.0. The van der Waals surface area contributed by atoms with Gasteiger partial charge in [0.05, 0.1) is 4.53 Å². The van der Waals surface area contributed by atoms with Crippen molar-refractivity contribution in [3.05, 3.63) is 93.0 Å². The van der Waals surface area contributed by atoms with Crippen LogP contribution in [0, 0.1) is 5.82 Å². The van der Waals surface area contributed by atoms with E-state index in [1.54, 1.807) is 12.1 Å². The Morgan fingerprint density at radius 2 is 1.74 bits per heavy atom. The number of halogens is 1. The minimum absolute atomic E-state index is 0.205. The number of rotatable bonds is 2. The largest absolute Gasteiger partial charge is 0.291 e. The van der Waals surface area contributed by atoms with Crippen molar-refractivity contribution in [1.82, 2.24) is 14.6 Å². The molecule has 0 aliphatic heterocycles. The fourth-order valence-electron chi connectivity index (χ4n) is 3.07. The van der Waals surface area contributed by atoms with Gasteiger partial charge in [-0.25, -0.2) is 4.39 Å². The zero-order valence-electron chi connectivity index (χ0n) is 14.0. The topological polar surface area (TPSA) is 47.3 Å². The van der Waals surface area contributed by atoms with Crippen molar-refractivity contribution < 1.29 is 4.39 Å². The lowest BCUT2D eigenvalue weighted by Crippen LogP contribution is -2.23. The summed E-state index contributed by atoms with van der Waals surface area (Å²) in [6.07, 6.45) is 1.88. The van der Waals surface area contributed by atoms with E-state index in [0.29, 0.717) is 20.9 Å². The molecule has 130 valence electrons. The number of aromatic nitrogens is 3. The average molecular weight is 373 g/mol. The lowest BCUT2D eigenvalue weighted by Gasteiger charge is -2.00. The van der Waals surface area contributed by atoms with Crippen molar-refractivity contribution >= 4 is 33.1 Å². The van der Waals surface area contributed by atoms with Gasteiger partial charge in [0.25, 0.3) is 5.56 Å². The number of fused-ring (bicyclic) bond motifs is 2. The first-order valence-electron chi connectivity index (χ1n) is 8.34. The van der Waals surface area contributed by atoms with Crippen molar-refractivity contribution in [3.63, 3.8) is 0 Å². The SMILES string of the molecule is O=c1/c(=C/c2cccc3ccccc23)sc2nc(-c3ccc(F)cc3)nn12. The molecule has 0 saturated heterocycles. The molecule has 5 aromatic rings. The van der Waals surface area contributed by atoms with Gasteiger partial charge in [-0.3, -0.25) is 4.79 Å². The minimum atomic E-state index is -0.323. The molecule has 0 saturated carbocycles. The molecule has 2 heterocycles. The van der Waals surface area contributed by atoms with E-state index in [1.165, 1.54) is 28.0 Å². The lowest BCUT2D eigenvalue weighted by molar-refractivity contribution is 0.628. The van der Waals surface area contributed by atoms with Gasteiger partial charge in [0.2, 0.25) is 4.96 Å². The Morgan fingerprint density at radius 3 is 2.56 bits per heavy atom. The lowest BCUT2D eigenvalue weighted by atomic mass is 10.0. The second-order valence-electron chi connectivity index (χ2n) is 6.12. The molecule has 0 aliphatic carbocycles. The first-order chi connectivity index (χ1) is 13.2. The first-order valence-corrected chi connectivity index (χ1v) is 9.16. The summed E-state index contributed by atoms with van der Waals surface area (Å²) in [6.45, 7) is 0. The zero-order chi connectivity index (χ0) is 18.4. The van der Waals surface area contributed by atoms with Crippen LogP contribution in [-0.4, -0.2) is 14.6 Å². The maximum atomic E-state index is 13.1. The quantitative estimate of drug-likeness (QED) is 0.474. The maximum absolute atomic E-state index is 13.1. The summed E-state index contributed by atoms with van der Waals surface area (Å²) in [6, 6.07) is 20.0. The van der Waals surface area contributed by atoms with Gasteiger partial charge in [0.15, 0.2) is 5.82 Å². The number of thiazole rings is 1. The highest BCUT2D eigenvalue weighted by atomic mass is 32.1. The van der Waals surface area contributed by atoms with E-state index in [-0.39, 0.29) is 11.4 Å². The summed E-state index contributed by atoms with van der Waals surface area (Å²) in [5.41, 5.74) is 1.45. The van der Waals surface area contributed by atoms with Gasteiger partial charge in [0.1, 0.15) is 5.82 Å². The van der Waals surface area contributed by atoms with Gasteiger partial charge in [-0.2, -0.15) is 9.50 Å². The van der Waals surface area contributed by atoms with Crippen molar-refractivity contribution in [2.45, 2.75) is 0 Å². The Morgan fingerprint density at radius 1 is 0.963 bits per heavy atom. The van der Waals surface area contributed by atoms with Crippen LogP contribution in [0.5, 0.6) is 0 Å². The molecule has 0 radical (unpaired) electrons. The van der Waals surface area contributed by atoms with Crippen LogP contribution in [0.3, 0.4) is 0 Å². The minimum Gasteiger partial charge on any atom is -0.266 e. The highest BCUT2D eigenvalue weighted by Crippen LogP contribution is 2.20. The Kier molecular flexibility index (Phi) is 3.58. The fourth-order valence-corrected chi connectivity index (χ4v) is 3.97. The Hall–Kier alpha value is -3.38. The van der Waals surface area contributed by atoms with Crippen LogP contribution in [-0.2, 0) is 0 Å². The van der Waals surface area contributed by atoms with E-state index in [4.69, 9.17) is 0 Å². The fraction of sp³-hybridized carbons (Fsp3) is 0. The third-order valence-corrected chi connectivity index (χ3v) is 5.35. The molecule has 0 unspecified atom stereocenters. The van der Waals surface area contributed by atoms with Gasteiger partial charge < -0.3 is 0 Å². The van der Waals surface area contributed by atoms with Gasteiger partial charge in [-0.05, 0) is 46.7 Å². The van der Waals surface area contributed by atoms with Crippen LogP contribution in [0.2, 0.25) is 0 Å². The molecule has 0 amide bonds. The summed E-state index contributed by atoms with van der Waals surface area (Å²) in [5.74, 6) is 0.0892. The summed E-state index contributed by atoms with van der Waals surface area (Å²) in [5, 5.41) is 6.51. The predicted molar refractivity (Wildman–Crippen MR) is 105 cm³/mol. The maximum Gasteiger partial charge on any atom is 0.291 e. The van der Waals surface area contributed by atoms with Crippen molar-refractivity contribution in [2.24, 2.45) is 0 Å². The van der Waals surface area contributed by atoms with E-state index in [1.807, 2.05) is 48.5 Å². The van der Waals surface area contributed by atoms with E-state index in [0.717, 1.165) is 16.3 Å². The van der Waals surface area contributed by atoms with Gasteiger partial charge >= 0.3 is 0 Å². The van der Waals surface area contributed by atoms with Gasteiger partial charge in [-0.1, -0.05) is 53.8 Å². The molecule has 0 atom stereocenters. The smallest absolute Gasteiger partial charge is 0.266 e. The van der Waals surface area contributed by atoms with Crippen molar-refractivity contribution in [1.29, 1.82) is 0 Å². The molecule has 0 N–H and O–H groups in total. The molecule has 0 aliphatic rings. The second kappa shape index (κ2) is 6.10. The van der Waals surface area contributed by atoms with Crippen LogP contribution in [0.15, 0.2) is 71.5 Å². The molecule has 0 spiro atoms. The Balaban J connectivity index is 1.65. The third kappa shape index (κ3) is 2.71. The molecule has 2 aromatic heterocycles. The van der Waals surface area contributed by atoms with Crippen LogP contribution in [0.4, 0.5) is 4.39 Å².